The van der Waals surface area contributed by atoms with E-state index in [4.69, 9.17) is 11.6 Å². The third-order valence-corrected chi connectivity index (χ3v) is 4.66. The van der Waals surface area contributed by atoms with E-state index in [1.165, 1.54) is 16.9 Å². The number of benzene rings is 1. The number of nitrogens with zero attached hydrogens (tertiary/aromatic N) is 2. The Kier molecular flexibility index (Phi) is 4.27. The van der Waals surface area contributed by atoms with E-state index in [9.17, 15) is 5.11 Å². The summed E-state index contributed by atoms with van der Waals surface area (Å²) in [5, 5.41) is 16.0. The highest BCUT2D eigenvalue weighted by Gasteiger charge is 2.21. The van der Waals surface area contributed by atoms with Crippen LogP contribution in [0.1, 0.15) is 19.4 Å². The average molecular weight is 348 g/mol. The summed E-state index contributed by atoms with van der Waals surface area (Å²) in [5.74, 6) is 0.649. The Morgan fingerprint density at radius 1 is 1.22 bits per heavy atom. The molecule has 0 unspecified atom stereocenters. The molecule has 0 aliphatic heterocycles. The van der Waals surface area contributed by atoms with Gasteiger partial charge in [-0.2, -0.15) is 0 Å². The summed E-state index contributed by atoms with van der Waals surface area (Å²) in [4.78, 5) is 9.51. The minimum Gasteiger partial charge on any atom is -0.394 e. The Labute approximate surface area is 144 Å². The van der Waals surface area contributed by atoms with Crippen LogP contribution in [0.4, 0.5) is 5.82 Å². The Morgan fingerprint density at radius 3 is 2.57 bits per heavy atom. The molecule has 2 heterocycles. The molecule has 0 atom stereocenters. The van der Waals surface area contributed by atoms with Gasteiger partial charge in [0.15, 0.2) is 0 Å². The number of aryl methyl sites for hydroxylation is 1. The van der Waals surface area contributed by atoms with Crippen molar-refractivity contribution in [2.24, 2.45) is 0 Å². The minimum atomic E-state index is -0.503. The number of aliphatic hydroxyl groups excluding tert-OH is 1. The number of halogens is 1. The maximum Gasteiger partial charge on any atom is 0.225 e. The molecule has 3 rings (SSSR count). The average Bonchev–Trinajstić information content (AvgIpc) is 2.91. The summed E-state index contributed by atoms with van der Waals surface area (Å²) in [7, 11) is 0. The third kappa shape index (κ3) is 3.32. The fraction of sp³-hybridized carbons (Fsp3) is 0.294. The Bertz CT molecular complexity index is 843. The van der Waals surface area contributed by atoms with Crippen molar-refractivity contribution < 1.29 is 5.11 Å². The molecule has 0 amide bonds. The van der Waals surface area contributed by atoms with E-state index >= 15 is 0 Å². The maximum absolute atomic E-state index is 9.53. The standard InChI is InChI=1S/C17H18ClN3OS/c1-10-4-6-11(7-5-10)12-8-23-15-13(12)14(19-16(18)20-15)21-17(2,3)9-22/h4-8,22H,9H2,1-3H3,(H,19,20,21). The molecule has 2 aromatic heterocycles. The highest BCUT2D eigenvalue weighted by atomic mass is 35.5. The van der Waals surface area contributed by atoms with Gasteiger partial charge in [0.1, 0.15) is 10.6 Å². The maximum atomic E-state index is 9.53. The molecule has 0 aliphatic rings. The summed E-state index contributed by atoms with van der Waals surface area (Å²) in [6.07, 6.45) is 0. The van der Waals surface area contributed by atoms with Crippen LogP contribution in [-0.4, -0.2) is 27.2 Å². The monoisotopic (exact) mass is 347 g/mol. The molecule has 3 aromatic rings. The highest BCUT2D eigenvalue weighted by Crippen LogP contribution is 2.38. The van der Waals surface area contributed by atoms with E-state index in [0.717, 1.165) is 21.3 Å². The van der Waals surface area contributed by atoms with Crippen molar-refractivity contribution in [2.75, 3.05) is 11.9 Å². The van der Waals surface area contributed by atoms with Gasteiger partial charge in [-0.1, -0.05) is 29.8 Å². The van der Waals surface area contributed by atoms with E-state index < -0.39 is 5.54 Å². The zero-order valence-electron chi connectivity index (χ0n) is 13.2. The van der Waals surface area contributed by atoms with Gasteiger partial charge in [-0.3, -0.25) is 0 Å². The van der Waals surface area contributed by atoms with Crippen LogP contribution < -0.4 is 5.32 Å². The number of hydrogen-bond acceptors (Lipinski definition) is 5. The van der Waals surface area contributed by atoms with Crippen LogP contribution in [0.3, 0.4) is 0 Å². The molecule has 1 aromatic carbocycles. The first-order valence-electron chi connectivity index (χ1n) is 7.30. The van der Waals surface area contributed by atoms with E-state index in [1.54, 1.807) is 0 Å². The van der Waals surface area contributed by atoms with Crippen molar-refractivity contribution in [3.8, 4) is 11.1 Å². The van der Waals surface area contributed by atoms with Crippen LogP contribution in [0.5, 0.6) is 0 Å². The van der Waals surface area contributed by atoms with Gasteiger partial charge in [-0.05, 0) is 37.9 Å². The van der Waals surface area contributed by atoms with Crippen molar-refractivity contribution >= 4 is 39.0 Å². The smallest absolute Gasteiger partial charge is 0.225 e. The molecule has 0 bridgehead atoms. The third-order valence-electron chi connectivity index (χ3n) is 3.62. The number of hydrogen-bond donors (Lipinski definition) is 2. The fourth-order valence-electron chi connectivity index (χ4n) is 2.31. The molecular formula is C17H18ClN3OS. The largest absolute Gasteiger partial charge is 0.394 e. The second-order valence-electron chi connectivity index (χ2n) is 6.20. The normalized spacial score (nSPS) is 11.9. The van der Waals surface area contributed by atoms with Crippen LogP contribution in [0.15, 0.2) is 29.6 Å². The lowest BCUT2D eigenvalue weighted by molar-refractivity contribution is 0.234. The SMILES string of the molecule is Cc1ccc(-c2csc3nc(Cl)nc(NC(C)(C)CO)c23)cc1. The molecule has 4 nitrogen and oxygen atoms in total. The topological polar surface area (TPSA) is 58.0 Å². The Hall–Kier alpha value is -1.69. The lowest BCUT2D eigenvalue weighted by Crippen LogP contribution is -2.35. The second kappa shape index (κ2) is 6.07. The highest BCUT2D eigenvalue weighted by molar-refractivity contribution is 7.17. The first kappa shape index (κ1) is 16.2. The summed E-state index contributed by atoms with van der Waals surface area (Å²) in [6, 6.07) is 8.35. The fourth-order valence-corrected chi connectivity index (χ4v) is 3.48. The first-order valence-corrected chi connectivity index (χ1v) is 8.56. The van der Waals surface area contributed by atoms with Crippen LogP contribution in [0.25, 0.3) is 21.3 Å². The summed E-state index contributed by atoms with van der Waals surface area (Å²) < 4.78 is 0. The van der Waals surface area contributed by atoms with E-state index in [0.29, 0.717) is 5.82 Å². The summed E-state index contributed by atoms with van der Waals surface area (Å²) in [6.45, 7) is 5.87. The molecule has 0 fully saturated rings. The van der Waals surface area contributed by atoms with Gasteiger partial charge in [-0.15, -0.1) is 11.3 Å². The molecule has 0 saturated heterocycles. The molecular weight excluding hydrogens is 330 g/mol. The van der Waals surface area contributed by atoms with Crippen LogP contribution >= 0.6 is 22.9 Å². The van der Waals surface area contributed by atoms with E-state index in [2.05, 4.69) is 51.9 Å². The van der Waals surface area contributed by atoms with Gasteiger partial charge in [0.25, 0.3) is 0 Å². The zero-order valence-corrected chi connectivity index (χ0v) is 14.8. The Balaban J connectivity index is 2.19. The van der Waals surface area contributed by atoms with Crippen molar-refractivity contribution in [1.82, 2.24) is 9.97 Å². The van der Waals surface area contributed by atoms with Gasteiger partial charge >= 0.3 is 0 Å². The summed E-state index contributed by atoms with van der Waals surface area (Å²) in [5.41, 5.74) is 2.89. The number of aromatic nitrogens is 2. The van der Waals surface area contributed by atoms with Crippen LogP contribution in [0, 0.1) is 6.92 Å². The van der Waals surface area contributed by atoms with Crippen molar-refractivity contribution in [3.63, 3.8) is 0 Å². The molecule has 0 spiro atoms. The number of anilines is 1. The van der Waals surface area contributed by atoms with Crippen molar-refractivity contribution in [1.29, 1.82) is 0 Å². The number of fused-ring (bicyclic) bond motifs is 1. The van der Waals surface area contributed by atoms with Crippen LogP contribution in [-0.2, 0) is 0 Å². The van der Waals surface area contributed by atoms with Gasteiger partial charge in [-0.25, -0.2) is 9.97 Å². The molecule has 2 N–H and O–H groups in total. The number of thiophene rings is 1. The van der Waals surface area contributed by atoms with Crippen molar-refractivity contribution in [3.05, 3.63) is 40.5 Å². The number of aliphatic hydroxyl groups is 1. The second-order valence-corrected chi connectivity index (χ2v) is 7.40. The van der Waals surface area contributed by atoms with E-state index in [-0.39, 0.29) is 11.9 Å². The van der Waals surface area contributed by atoms with Gasteiger partial charge in [0, 0.05) is 10.9 Å². The van der Waals surface area contributed by atoms with Crippen molar-refractivity contribution in [2.45, 2.75) is 26.3 Å². The molecule has 120 valence electrons. The molecule has 0 aliphatic carbocycles. The lowest BCUT2D eigenvalue weighted by atomic mass is 10.0. The van der Waals surface area contributed by atoms with Gasteiger partial charge in [0.05, 0.1) is 17.5 Å². The molecule has 23 heavy (non-hydrogen) atoms. The van der Waals surface area contributed by atoms with E-state index in [1.807, 2.05) is 13.8 Å². The minimum absolute atomic E-state index is 0.0138. The predicted molar refractivity (Wildman–Crippen MR) is 97.4 cm³/mol. The Morgan fingerprint density at radius 2 is 1.91 bits per heavy atom. The zero-order chi connectivity index (χ0) is 16.6. The molecule has 6 heteroatoms. The van der Waals surface area contributed by atoms with Gasteiger partial charge in [0.2, 0.25) is 5.28 Å². The lowest BCUT2D eigenvalue weighted by Gasteiger charge is -2.24. The number of rotatable bonds is 4. The summed E-state index contributed by atoms with van der Waals surface area (Å²) >= 11 is 7.59. The quantitative estimate of drug-likeness (QED) is 0.682. The van der Waals surface area contributed by atoms with Gasteiger partial charge < -0.3 is 10.4 Å². The van der Waals surface area contributed by atoms with Crippen LogP contribution in [0.2, 0.25) is 5.28 Å². The first-order chi connectivity index (χ1) is 10.9. The predicted octanol–water partition coefficient (Wildman–Crippen LogP) is 4.50. The molecule has 0 saturated carbocycles. The number of nitrogens with one attached hydrogen (secondary N) is 1. The molecule has 0 radical (unpaired) electrons.